The summed E-state index contributed by atoms with van der Waals surface area (Å²) in [7, 11) is 0. The Morgan fingerprint density at radius 2 is 2.00 bits per heavy atom. The number of hydrogen-bond donors (Lipinski definition) is 1. The Labute approximate surface area is 141 Å². The standard InChI is InChI=1S/C19H22N2O3/c1-5-24-19(23)16-12(3)17(20-13(16)4)18(22)21-11(2)10-14-8-6-7-9-15(14)21/h6-9,11,20H,5,10H2,1-4H3. The lowest BCUT2D eigenvalue weighted by Gasteiger charge is -2.22. The molecule has 0 bridgehead atoms. The van der Waals surface area contributed by atoms with Crippen LogP contribution in [0.25, 0.3) is 0 Å². The fourth-order valence-electron chi connectivity index (χ4n) is 3.47. The molecule has 5 heteroatoms. The number of para-hydroxylation sites is 1. The highest BCUT2D eigenvalue weighted by Gasteiger charge is 2.34. The molecule has 1 aromatic heterocycles. The lowest BCUT2D eigenvalue weighted by molar-refractivity contribution is 0.0525. The molecule has 0 spiro atoms. The van der Waals surface area contributed by atoms with E-state index in [-0.39, 0.29) is 11.9 Å². The summed E-state index contributed by atoms with van der Waals surface area (Å²) >= 11 is 0. The van der Waals surface area contributed by atoms with Crippen LogP contribution in [-0.2, 0) is 11.2 Å². The van der Waals surface area contributed by atoms with Crippen molar-refractivity contribution in [1.29, 1.82) is 0 Å². The Balaban J connectivity index is 2.00. The highest BCUT2D eigenvalue weighted by atomic mass is 16.5. The predicted molar refractivity (Wildman–Crippen MR) is 92.6 cm³/mol. The first-order valence-corrected chi connectivity index (χ1v) is 8.23. The second kappa shape index (κ2) is 6.15. The van der Waals surface area contributed by atoms with Gasteiger partial charge in [-0.15, -0.1) is 0 Å². The largest absolute Gasteiger partial charge is 0.462 e. The third-order valence-electron chi connectivity index (χ3n) is 4.56. The minimum atomic E-state index is -0.391. The quantitative estimate of drug-likeness (QED) is 0.879. The van der Waals surface area contributed by atoms with Gasteiger partial charge >= 0.3 is 5.97 Å². The molecule has 1 amide bonds. The van der Waals surface area contributed by atoms with E-state index in [1.807, 2.05) is 30.0 Å². The highest BCUT2D eigenvalue weighted by molar-refractivity contribution is 6.09. The molecule has 3 rings (SSSR count). The Kier molecular flexibility index (Phi) is 4.18. The van der Waals surface area contributed by atoms with Gasteiger partial charge in [-0.25, -0.2) is 4.79 Å². The van der Waals surface area contributed by atoms with Crippen molar-refractivity contribution in [3.63, 3.8) is 0 Å². The topological polar surface area (TPSA) is 62.4 Å². The molecule has 2 aromatic rings. The molecular formula is C19H22N2O3. The SMILES string of the molecule is CCOC(=O)c1c(C)[nH]c(C(=O)N2c3ccccc3CC2C)c1C. The molecule has 1 aliphatic rings. The van der Waals surface area contributed by atoms with Crippen LogP contribution in [0.4, 0.5) is 5.69 Å². The monoisotopic (exact) mass is 326 g/mol. The van der Waals surface area contributed by atoms with E-state index in [0.717, 1.165) is 12.1 Å². The van der Waals surface area contributed by atoms with Gasteiger partial charge in [-0.05, 0) is 51.3 Å². The number of aromatic amines is 1. The van der Waals surface area contributed by atoms with E-state index in [1.54, 1.807) is 20.8 Å². The molecule has 1 N–H and O–H groups in total. The number of carbonyl (C=O) groups excluding carboxylic acids is 2. The second-order valence-electron chi connectivity index (χ2n) is 6.20. The van der Waals surface area contributed by atoms with Crippen LogP contribution in [0.1, 0.15) is 51.5 Å². The fourth-order valence-corrected chi connectivity index (χ4v) is 3.47. The van der Waals surface area contributed by atoms with Gasteiger partial charge in [-0.3, -0.25) is 4.79 Å². The van der Waals surface area contributed by atoms with E-state index in [9.17, 15) is 9.59 Å². The van der Waals surface area contributed by atoms with Crippen LogP contribution in [0.5, 0.6) is 0 Å². The summed E-state index contributed by atoms with van der Waals surface area (Å²) in [6, 6.07) is 8.03. The number of aryl methyl sites for hydroxylation is 1. The normalized spacial score (nSPS) is 16.2. The molecule has 1 unspecified atom stereocenters. The summed E-state index contributed by atoms with van der Waals surface area (Å²) < 4.78 is 5.10. The first-order valence-electron chi connectivity index (χ1n) is 8.23. The summed E-state index contributed by atoms with van der Waals surface area (Å²) in [6.45, 7) is 7.69. The number of esters is 1. The van der Waals surface area contributed by atoms with E-state index in [2.05, 4.69) is 11.1 Å². The molecule has 24 heavy (non-hydrogen) atoms. The summed E-state index contributed by atoms with van der Waals surface area (Å²) in [6.07, 6.45) is 0.839. The molecule has 0 radical (unpaired) electrons. The number of aromatic nitrogens is 1. The molecule has 0 fully saturated rings. The van der Waals surface area contributed by atoms with Gasteiger partial charge in [0.05, 0.1) is 12.2 Å². The molecule has 126 valence electrons. The maximum absolute atomic E-state index is 13.1. The van der Waals surface area contributed by atoms with Crippen molar-refractivity contribution >= 4 is 17.6 Å². The Morgan fingerprint density at radius 1 is 1.29 bits per heavy atom. The number of anilines is 1. The molecule has 1 atom stereocenters. The molecule has 5 nitrogen and oxygen atoms in total. The van der Waals surface area contributed by atoms with Crippen LogP contribution in [0.3, 0.4) is 0 Å². The maximum Gasteiger partial charge on any atom is 0.340 e. The third-order valence-corrected chi connectivity index (χ3v) is 4.56. The zero-order valence-electron chi connectivity index (χ0n) is 14.5. The minimum Gasteiger partial charge on any atom is -0.462 e. The molecule has 0 saturated heterocycles. The number of H-pyrrole nitrogens is 1. The first-order chi connectivity index (χ1) is 11.5. The van der Waals surface area contributed by atoms with Crippen molar-refractivity contribution in [2.75, 3.05) is 11.5 Å². The zero-order chi connectivity index (χ0) is 17.4. The number of rotatable bonds is 3. The van der Waals surface area contributed by atoms with Gasteiger partial charge in [0.25, 0.3) is 5.91 Å². The van der Waals surface area contributed by atoms with E-state index in [0.29, 0.717) is 29.1 Å². The van der Waals surface area contributed by atoms with Crippen molar-refractivity contribution in [3.8, 4) is 0 Å². The number of amides is 1. The first kappa shape index (κ1) is 16.3. The molecule has 0 saturated carbocycles. The number of nitrogens with one attached hydrogen (secondary N) is 1. The van der Waals surface area contributed by atoms with Gasteiger partial charge in [-0.1, -0.05) is 18.2 Å². The van der Waals surface area contributed by atoms with Crippen molar-refractivity contribution in [2.24, 2.45) is 0 Å². The van der Waals surface area contributed by atoms with Crippen molar-refractivity contribution in [3.05, 3.63) is 52.3 Å². The number of hydrogen-bond acceptors (Lipinski definition) is 3. The Bertz CT molecular complexity index is 807. The summed E-state index contributed by atoms with van der Waals surface area (Å²) in [5.74, 6) is -0.499. The van der Waals surface area contributed by atoms with E-state index in [4.69, 9.17) is 4.74 Å². The van der Waals surface area contributed by atoms with E-state index < -0.39 is 5.97 Å². The smallest absolute Gasteiger partial charge is 0.340 e. The number of ether oxygens (including phenoxy) is 1. The molecule has 0 aliphatic carbocycles. The van der Waals surface area contributed by atoms with Gasteiger partial charge in [0.2, 0.25) is 0 Å². The summed E-state index contributed by atoms with van der Waals surface area (Å²) in [5, 5.41) is 0. The molecular weight excluding hydrogens is 304 g/mol. The van der Waals surface area contributed by atoms with Crippen LogP contribution in [-0.4, -0.2) is 29.5 Å². The van der Waals surface area contributed by atoms with Crippen LogP contribution in [0.2, 0.25) is 0 Å². The average Bonchev–Trinajstić information content (AvgIpc) is 3.02. The Hall–Kier alpha value is -2.56. The van der Waals surface area contributed by atoms with Crippen molar-refractivity contribution in [2.45, 2.75) is 40.2 Å². The molecule has 1 aliphatic heterocycles. The fraction of sp³-hybridized carbons (Fsp3) is 0.368. The third kappa shape index (κ3) is 2.50. The lowest BCUT2D eigenvalue weighted by atomic mass is 10.1. The van der Waals surface area contributed by atoms with Gasteiger partial charge in [0.1, 0.15) is 5.69 Å². The zero-order valence-corrected chi connectivity index (χ0v) is 14.5. The number of fused-ring (bicyclic) bond motifs is 1. The maximum atomic E-state index is 13.1. The second-order valence-corrected chi connectivity index (χ2v) is 6.20. The molecule has 2 heterocycles. The summed E-state index contributed by atoms with van der Waals surface area (Å²) in [4.78, 5) is 30.2. The summed E-state index contributed by atoms with van der Waals surface area (Å²) in [5.41, 5.74) is 4.34. The lowest BCUT2D eigenvalue weighted by Crippen LogP contribution is -2.36. The number of carbonyl (C=O) groups is 2. The van der Waals surface area contributed by atoms with E-state index >= 15 is 0 Å². The van der Waals surface area contributed by atoms with Crippen LogP contribution < -0.4 is 4.90 Å². The average molecular weight is 326 g/mol. The van der Waals surface area contributed by atoms with Crippen LogP contribution >= 0.6 is 0 Å². The van der Waals surface area contributed by atoms with Gasteiger partial charge in [-0.2, -0.15) is 0 Å². The Morgan fingerprint density at radius 3 is 2.71 bits per heavy atom. The van der Waals surface area contributed by atoms with E-state index in [1.165, 1.54) is 5.56 Å². The minimum absolute atomic E-state index is 0.0870. The predicted octanol–water partition coefficient (Wildman–Crippen LogP) is 3.40. The van der Waals surface area contributed by atoms with Gasteiger partial charge in [0, 0.05) is 17.4 Å². The van der Waals surface area contributed by atoms with Crippen LogP contribution in [0.15, 0.2) is 24.3 Å². The van der Waals surface area contributed by atoms with Gasteiger partial charge in [0.15, 0.2) is 0 Å². The van der Waals surface area contributed by atoms with Crippen LogP contribution in [0, 0.1) is 13.8 Å². The van der Waals surface area contributed by atoms with Crippen molar-refractivity contribution < 1.29 is 14.3 Å². The van der Waals surface area contributed by atoms with Crippen molar-refractivity contribution in [1.82, 2.24) is 4.98 Å². The number of nitrogens with zero attached hydrogens (tertiary/aromatic N) is 1. The highest BCUT2D eigenvalue weighted by Crippen LogP contribution is 2.34. The van der Waals surface area contributed by atoms with Gasteiger partial charge < -0.3 is 14.6 Å². The molecule has 1 aromatic carbocycles. The number of benzene rings is 1.